The van der Waals surface area contributed by atoms with E-state index in [0.29, 0.717) is 12.8 Å². The van der Waals surface area contributed by atoms with Gasteiger partial charge in [-0.2, -0.15) is 0 Å². The largest absolute Gasteiger partial charge is 0.345 e. The van der Waals surface area contributed by atoms with Crippen LogP contribution >= 0.6 is 0 Å². The van der Waals surface area contributed by atoms with E-state index in [0.717, 1.165) is 25.8 Å². The Bertz CT molecular complexity index is 337. The number of amides is 1. The summed E-state index contributed by atoms with van der Waals surface area (Å²) in [6, 6.07) is 0. The summed E-state index contributed by atoms with van der Waals surface area (Å²) in [5, 5.41) is 0. The van der Waals surface area contributed by atoms with Crippen LogP contribution in [0.3, 0.4) is 0 Å². The number of carbonyl (C=O) groups excluding carboxylic acids is 2. The van der Waals surface area contributed by atoms with Crippen molar-refractivity contribution in [3.8, 4) is 0 Å². The number of nitrogens with zero attached hydrogens (tertiary/aromatic N) is 1. The van der Waals surface area contributed by atoms with Gasteiger partial charge in [0.1, 0.15) is 5.78 Å². The maximum absolute atomic E-state index is 12.3. The Morgan fingerprint density at radius 1 is 1.50 bits per heavy atom. The highest BCUT2D eigenvalue weighted by Gasteiger charge is 2.50. The minimum absolute atomic E-state index is 0.150. The second-order valence-corrected chi connectivity index (χ2v) is 5.08. The van der Waals surface area contributed by atoms with Crippen molar-refractivity contribution in [2.24, 2.45) is 11.3 Å². The van der Waals surface area contributed by atoms with Gasteiger partial charge >= 0.3 is 0 Å². The van der Waals surface area contributed by atoms with Crippen LogP contribution in [0, 0.1) is 11.3 Å². The van der Waals surface area contributed by atoms with Crippen LogP contribution in [0.5, 0.6) is 0 Å². The molecule has 3 nitrogen and oxygen atoms in total. The van der Waals surface area contributed by atoms with Crippen molar-refractivity contribution in [2.75, 3.05) is 13.6 Å². The zero-order valence-electron chi connectivity index (χ0n) is 9.87. The first-order valence-electron chi connectivity index (χ1n) is 6.00. The quantitative estimate of drug-likeness (QED) is 0.633. The Labute approximate surface area is 96.5 Å². The van der Waals surface area contributed by atoms with E-state index >= 15 is 0 Å². The molecule has 16 heavy (non-hydrogen) atoms. The molecule has 0 radical (unpaired) electrons. The van der Waals surface area contributed by atoms with E-state index in [2.05, 4.69) is 6.58 Å². The standard InChI is InChI=1S/C13H19NO2/c1-3-10-6-8-14(2)12(16)13(10)7-4-5-11(15)9-13/h3,10H,1,4-9H2,2H3/t10-,13-/m0/s1. The Morgan fingerprint density at radius 3 is 2.88 bits per heavy atom. The third-order valence-corrected chi connectivity index (χ3v) is 4.13. The van der Waals surface area contributed by atoms with Gasteiger partial charge in [-0.05, 0) is 25.2 Å². The van der Waals surface area contributed by atoms with Gasteiger partial charge in [0.05, 0.1) is 5.41 Å². The van der Waals surface area contributed by atoms with Gasteiger partial charge in [0.15, 0.2) is 0 Å². The molecule has 2 aliphatic rings. The molecule has 1 saturated heterocycles. The van der Waals surface area contributed by atoms with Gasteiger partial charge in [0.25, 0.3) is 0 Å². The zero-order chi connectivity index (χ0) is 11.8. The first kappa shape index (κ1) is 11.4. The topological polar surface area (TPSA) is 37.4 Å². The summed E-state index contributed by atoms with van der Waals surface area (Å²) in [5.74, 6) is 0.568. The molecule has 0 aromatic carbocycles. The van der Waals surface area contributed by atoms with E-state index < -0.39 is 5.41 Å². The number of hydrogen-bond acceptors (Lipinski definition) is 2. The van der Waals surface area contributed by atoms with Crippen molar-refractivity contribution in [1.29, 1.82) is 0 Å². The zero-order valence-corrected chi connectivity index (χ0v) is 9.87. The molecule has 2 atom stereocenters. The van der Waals surface area contributed by atoms with Crippen LogP contribution in [0.25, 0.3) is 0 Å². The molecule has 1 aliphatic carbocycles. The Morgan fingerprint density at radius 2 is 2.25 bits per heavy atom. The van der Waals surface area contributed by atoms with Crippen molar-refractivity contribution >= 4 is 11.7 Å². The van der Waals surface area contributed by atoms with Gasteiger partial charge in [-0.1, -0.05) is 6.08 Å². The minimum Gasteiger partial charge on any atom is -0.345 e. The summed E-state index contributed by atoms with van der Waals surface area (Å²) in [6.07, 6.45) is 5.58. The second-order valence-electron chi connectivity index (χ2n) is 5.08. The number of carbonyl (C=O) groups is 2. The highest BCUT2D eigenvalue weighted by Crippen LogP contribution is 2.46. The minimum atomic E-state index is -0.454. The van der Waals surface area contributed by atoms with Gasteiger partial charge in [-0.25, -0.2) is 0 Å². The van der Waals surface area contributed by atoms with E-state index in [1.807, 2.05) is 13.1 Å². The first-order valence-corrected chi connectivity index (χ1v) is 6.00. The lowest BCUT2D eigenvalue weighted by molar-refractivity contribution is -0.154. The lowest BCUT2D eigenvalue weighted by Crippen LogP contribution is -2.53. The molecule has 0 aromatic rings. The Balaban J connectivity index is 2.33. The van der Waals surface area contributed by atoms with Crippen molar-refractivity contribution in [3.05, 3.63) is 12.7 Å². The first-order chi connectivity index (χ1) is 7.60. The highest BCUT2D eigenvalue weighted by atomic mass is 16.2. The second kappa shape index (κ2) is 4.04. The van der Waals surface area contributed by atoms with Gasteiger partial charge in [0, 0.05) is 26.4 Å². The lowest BCUT2D eigenvalue weighted by Gasteiger charge is -2.46. The molecule has 3 heteroatoms. The van der Waals surface area contributed by atoms with Crippen molar-refractivity contribution in [2.45, 2.75) is 32.1 Å². The van der Waals surface area contributed by atoms with Crippen LogP contribution in [-0.2, 0) is 9.59 Å². The monoisotopic (exact) mass is 221 g/mol. The molecule has 0 bridgehead atoms. The lowest BCUT2D eigenvalue weighted by atomic mass is 9.62. The van der Waals surface area contributed by atoms with Crippen LogP contribution in [0.15, 0.2) is 12.7 Å². The summed E-state index contributed by atoms with van der Waals surface area (Å²) >= 11 is 0. The molecule has 1 spiro atoms. The average Bonchev–Trinajstić information content (AvgIpc) is 2.27. The fourth-order valence-corrected chi connectivity index (χ4v) is 3.22. The third kappa shape index (κ3) is 1.58. The van der Waals surface area contributed by atoms with Crippen LogP contribution in [0.4, 0.5) is 0 Å². The van der Waals surface area contributed by atoms with E-state index in [1.54, 1.807) is 4.90 Å². The van der Waals surface area contributed by atoms with Gasteiger partial charge in [-0.15, -0.1) is 6.58 Å². The molecule has 2 fully saturated rings. The number of rotatable bonds is 1. The maximum atomic E-state index is 12.3. The number of likely N-dealkylation sites (tertiary alicyclic amines) is 1. The summed E-state index contributed by atoms with van der Waals surface area (Å²) < 4.78 is 0. The predicted molar refractivity (Wildman–Crippen MR) is 61.8 cm³/mol. The summed E-state index contributed by atoms with van der Waals surface area (Å²) in [4.78, 5) is 25.8. The van der Waals surface area contributed by atoms with Crippen molar-refractivity contribution < 1.29 is 9.59 Å². The maximum Gasteiger partial charge on any atom is 0.229 e. The fraction of sp³-hybridized carbons (Fsp3) is 0.692. The molecule has 1 saturated carbocycles. The summed E-state index contributed by atoms with van der Waals surface area (Å²) in [6.45, 7) is 4.62. The number of piperidine rings is 1. The average molecular weight is 221 g/mol. The van der Waals surface area contributed by atoms with Crippen LogP contribution in [0.2, 0.25) is 0 Å². The molecule has 88 valence electrons. The normalized spacial score (nSPS) is 35.6. The van der Waals surface area contributed by atoms with Gasteiger partial charge < -0.3 is 4.90 Å². The predicted octanol–water partition coefficient (Wildman–Crippen LogP) is 1.78. The molecular formula is C13H19NO2. The molecule has 1 amide bonds. The molecule has 0 unspecified atom stereocenters. The van der Waals surface area contributed by atoms with Crippen molar-refractivity contribution in [1.82, 2.24) is 4.90 Å². The van der Waals surface area contributed by atoms with E-state index in [9.17, 15) is 9.59 Å². The highest BCUT2D eigenvalue weighted by molar-refractivity contribution is 5.91. The number of hydrogen-bond donors (Lipinski definition) is 0. The van der Waals surface area contributed by atoms with Gasteiger partial charge in [-0.3, -0.25) is 9.59 Å². The smallest absolute Gasteiger partial charge is 0.229 e. The molecule has 0 aromatic heterocycles. The summed E-state index contributed by atoms with van der Waals surface area (Å²) in [7, 11) is 1.84. The SMILES string of the molecule is C=C[C@H]1CCN(C)C(=O)[C@]12CCCC(=O)C2. The molecular weight excluding hydrogens is 202 g/mol. The number of Topliss-reactive ketones (excluding diaryl/α,β-unsaturated/α-hetero) is 1. The number of ketones is 1. The van der Waals surface area contributed by atoms with Crippen LogP contribution < -0.4 is 0 Å². The van der Waals surface area contributed by atoms with E-state index in [1.165, 1.54) is 0 Å². The molecule has 0 N–H and O–H groups in total. The molecule has 2 rings (SSSR count). The van der Waals surface area contributed by atoms with E-state index in [4.69, 9.17) is 0 Å². The molecule has 1 aliphatic heterocycles. The fourth-order valence-electron chi connectivity index (χ4n) is 3.22. The van der Waals surface area contributed by atoms with Crippen LogP contribution in [0.1, 0.15) is 32.1 Å². The van der Waals surface area contributed by atoms with Crippen molar-refractivity contribution in [3.63, 3.8) is 0 Å². The summed E-state index contributed by atoms with van der Waals surface area (Å²) in [5.41, 5.74) is -0.454. The van der Waals surface area contributed by atoms with Crippen LogP contribution in [-0.4, -0.2) is 30.2 Å². The number of allylic oxidation sites excluding steroid dienone is 1. The van der Waals surface area contributed by atoms with E-state index in [-0.39, 0.29) is 17.6 Å². The Hall–Kier alpha value is -1.12. The third-order valence-electron chi connectivity index (χ3n) is 4.13. The Kier molecular flexibility index (Phi) is 2.87. The van der Waals surface area contributed by atoms with Gasteiger partial charge in [0.2, 0.25) is 5.91 Å². The molecule has 1 heterocycles.